The number of hydrogen-bond acceptors (Lipinski definition) is 1. The molecule has 0 bridgehead atoms. The average molecular weight is 193 g/mol. The van der Waals surface area contributed by atoms with Crippen molar-refractivity contribution in [2.24, 2.45) is 5.92 Å². The second-order valence-electron chi connectivity index (χ2n) is 2.81. The largest absolute Gasteiger partial charge is 0.296 e. The van der Waals surface area contributed by atoms with Crippen LogP contribution in [0.1, 0.15) is 19.3 Å². The fraction of sp³-hybridized carbons (Fsp3) is 0.625. The Balaban J connectivity index is 2.40. The molecule has 1 nitrogen and oxygen atoms in total. The number of carbonyl (C=O) groups is 1. The molecule has 1 aliphatic carbocycles. The first-order valence-corrected chi connectivity index (χ1v) is 4.36. The molecule has 1 atom stereocenters. The van der Waals surface area contributed by atoms with Gasteiger partial charge in [-0.25, -0.2) is 0 Å². The van der Waals surface area contributed by atoms with Crippen molar-refractivity contribution in [1.82, 2.24) is 0 Å². The van der Waals surface area contributed by atoms with Crippen LogP contribution in [0.2, 0.25) is 0 Å². The van der Waals surface area contributed by atoms with E-state index in [4.69, 9.17) is 23.2 Å². The zero-order valence-electron chi connectivity index (χ0n) is 6.15. The van der Waals surface area contributed by atoms with Gasteiger partial charge in [0.2, 0.25) is 0 Å². The molecule has 0 aromatic heterocycles. The van der Waals surface area contributed by atoms with E-state index in [1.807, 2.05) is 6.08 Å². The predicted octanol–water partition coefficient (Wildman–Crippen LogP) is 2.72. The predicted molar refractivity (Wildman–Crippen MR) is 47.0 cm³/mol. The van der Waals surface area contributed by atoms with Gasteiger partial charge in [0, 0.05) is 12.3 Å². The van der Waals surface area contributed by atoms with Gasteiger partial charge in [-0.15, -0.1) is 6.58 Å². The minimum absolute atomic E-state index is 0.0464. The number of rotatable bonds is 3. The summed E-state index contributed by atoms with van der Waals surface area (Å²) < 4.78 is -1.09. The zero-order valence-corrected chi connectivity index (χ0v) is 7.66. The second kappa shape index (κ2) is 3.16. The third-order valence-electron chi connectivity index (χ3n) is 2.04. The van der Waals surface area contributed by atoms with Crippen LogP contribution in [0.4, 0.5) is 0 Å². The van der Waals surface area contributed by atoms with Crippen LogP contribution in [0.3, 0.4) is 0 Å². The molecular formula is C8H10Cl2O. The Morgan fingerprint density at radius 3 is 2.73 bits per heavy atom. The summed E-state index contributed by atoms with van der Waals surface area (Å²) in [5.74, 6) is 0.0891. The van der Waals surface area contributed by atoms with Crippen LogP contribution in [-0.2, 0) is 4.79 Å². The third kappa shape index (κ3) is 1.60. The maximum Gasteiger partial charge on any atom is 0.179 e. The molecule has 0 aromatic rings. The standard InChI is InChI=1S/C8H10Cl2O/c1-2-3-4-6-5-7(11)8(6,9)10/h2,6H,1,3-5H2/t6-/m1/s1. The second-order valence-corrected chi connectivity index (χ2v) is 4.20. The van der Waals surface area contributed by atoms with Crippen LogP contribution in [0.15, 0.2) is 12.7 Å². The highest BCUT2D eigenvalue weighted by molar-refractivity contribution is 6.60. The van der Waals surface area contributed by atoms with E-state index < -0.39 is 4.33 Å². The fourth-order valence-corrected chi connectivity index (χ4v) is 1.71. The Bertz CT molecular complexity index is 187. The maximum absolute atomic E-state index is 10.8. The lowest BCUT2D eigenvalue weighted by Crippen LogP contribution is -2.47. The van der Waals surface area contributed by atoms with Crippen molar-refractivity contribution in [3.63, 3.8) is 0 Å². The molecule has 0 radical (unpaired) electrons. The molecule has 62 valence electrons. The van der Waals surface area contributed by atoms with E-state index in [1.165, 1.54) is 0 Å². The van der Waals surface area contributed by atoms with Crippen molar-refractivity contribution < 1.29 is 4.79 Å². The average Bonchev–Trinajstić information content (AvgIpc) is 1.97. The van der Waals surface area contributed by atoms with Gasteiger partial charge in [-0.3, -0.25) is 4.79 Å². The highest BCUT2D eigenvalue weighted by Gasteiger charge is 2.51. The normalized spacial score (nSPS) is 27.8. The molecule has 1 rings (SSSR count). The first-order valence-electron chi connectivity index (χ1n) is 3.61. The van der Waals surface area contributed by atoms with Crippen molar-refractivity contribution >= 4 is 29.0 Å². The van der Waals surface area contributed by atoms with Crippen LogP contribution in [0.25, 0.3) is 0 Å². The molecule has 11 heavy (non-hydrogen) atoms. The number of Topliss-reactive ketones (excluding diaryl/α,β-unsaturated/α-hetero) is 1. The number of alkyl halides is 2. The van der Waals surface area contributed by atoms with Crippen LogP contribution in [0, 0.1) is 5.92 Å². The monoisotopic (exact) mass is 192 g/mol. The lowest BCUT2D eigenvalue weighted by atomic mass is 9.79. The summed E-state index contributed by atoms with van der Waals surface area (Å²) in [6, 6.07) is 0. The van der Waals surface area contributed by atoms with E-state index in [0.717, 1.165) is 12.8 Å². The van der Waals surface area contributed by atoms with Crippen LogP contribution in [-0.4, -0.2) is 10.1 Å². The lowest BCUT2D eigenvalue weighted by molar-refractivity contribution is -0.128. The molecule has 0 aliphatic heterocycles. The first kappa shape index (κ1) is 9.08. The highest BCUT2D eigenvalue weighted by atomic mass is 35.5. The third-order valence-corrected chi connectivity index (χ3v) is 3.07. The summed E-state index contributed by atoms with van der Waals surface area (Å²) in [6.07, 6.45) is 4.08. The highest BCUT2D eigenvalue weighted by Crippen LogP contribution is 2.46. The summed E-state index contributed by atoms with van der Waals surface area (Å²) in [6.45, 7) is 3.59. The summed E-state index contributed by atoms with van der Waals surface area (Å²) in [4.78, 5) is 10.8. The van der Waals surface area contributed by atoms with Gasteiger partial charge in [-0.2, -0.15) is 0 Å². The molecule has 0 saturated heterocycles. The van der Waals surface area contributed by atoms with Gasteiger partial charge < -0.3 is 0 Å². The van der Waals surface area contributed by atoms with E-state index in [1.54, 1.807) is 0 Å². The first-order chi connectivity index (χ1) is 5.09. The molecule has 1 aliphatic rings. The van der Waals surface area contributed by atoms with E-state index in [0.29, 0.717) is 6.42 Å². The lowest BCUT2D eigenvalue weighted by Gasteiger charge is -2.37. The van der Waals surface area contributed by atoms with Gasteiger partial charge in [0.1, 0.15) is 0 Å². The Morgan fingerprint density at radius 2 is 2.36 bits per heavy atom. The van der Waals surface area contributed by atoms with Crippen molar-refractivity contribution in [3.8, 4) is 0 Å². The van der Waals surface area contributed by atoms with Gasteiger partial charge in [0.25, 0.3) is 0 Å². The van der Waals surface area contributed by atoms with E-state index >= 15 is 0 Å². The summed E-state index contributed by atoms with van der Waals surface area (Å²) in [7, 11) is 0. The molecule has 0 heterocycles. The smallest absolute Gasteiger partial charge is 0.179 e. The topological polar surface area (TPSA) is 17.1 Å². The molecule has 1 saturated carbocycles. The maximum atomic E-state index is 10.8. The Morgan fingerprint density at radius 1 is 1.73 bits per heavy atom. The van der Waals surface area contributed by atoms with Crippen molar-refractivity contribution in [3.05, 3.63) is 12.7 Å². The molecule has 1 fully saturated rings. The quantitative estimate of drug-likeness (QED) is 0.497. The molecule has 0 spiro atoms. The molecule has 0 aromatic carbocycles. The molecule has 0 unspecified atom stereocenters. The van der Waals surface area contributed by atoms with E-state index in [2.05, 4.69) is 6.58 Å². The number of ketones is 1. The fourth-order valence-electron chi connectivity index (χ4n) is 1.19. The van der Waals surface area contributed by atoms with Gasteiger partial charge >= 0.3 is 0 Å². The summed E-state index contributed by atoms with van der Waals surface area (Å²) in [5.41, 5.74) is 0. The Kier molecular flexibility index (Phi) is 2.61. The SMILES string of the molecule is C=CCC[C@@H]1CC(=O)C1(Cl)Cl. The summed E-state index contributed by atoms with van der Waals surface area (Å²) >= 11 is 11.5. The van der Waals surface area contributed by atoms with Gasteiger partial charge in [0.15, 0.2) is 10.1 Å². The molecular weight excluding hydrogens is 183 g/mol. The minimum Gasteiger partial charge on any atom is -0.296 e. The van der Waals surface area contributed by atoms with Crippen molar-refractivity contribution in [2.75, 3.05) is 0 Å². The molecule has 3 heteroatoms. The number of halogens is 2. The van der Waals surface area contributed by atoms with Crippen molar-refractivity contribution in [1.29, 1.82) is 0 Å². The van der Waals surface area contributed by atoms with Gasteiger partial charge in [-0.1, -0.05) is 29.3 Å². The van der Waals surface area contributed by atoms with Crippen LogP contribution < -0.4 is 0 Å². The van der Waals surface area contributed by atoms with Crippen molar-refractivity contribution in [2.45, 2.75) is 23.6 Å². The van der Waals surface area contributed by atoms with Gasteiger partial charge in [0.05, 0.1) is 0 Å². The summed E-state index contributed by atoms with van der Waals surface area (Å²) in [5, 5.41) is 0. The van der Waals surface area contributed by atoms with E-state index in [9.17, 15) is 4.79 Å². The van der Waals surface area contributed by atoms with Crippen LogP contribution >= 0.6 is 23.2 Å². The van der Waals surface area contributed by atoms with Gasteiger partial charge in [-0.05, 0) is 12.8 Å². The Hall–Kier alpha value is -0.0100. The number of carbonyl (C=O) groups excluding carboxylic acids is 1. The zero-order chi connectivity index (χ0) is 8.48. The molecule has 0 amide bonds. The number of allylic oxidation sites excluding steroid dienone is 1. The molecule has 0 N–H and O–H groups in total. The Labute approximate surface area is 76.4 Å². The number of hydrogen-bond donors (Lipinski definition) is 0. The minimum atomic E-state index is -1.09. The van der Waals surface area contributed by atoms with Crippen LogP contribution in [0.5, 0.6) is 0 Å². The van der Waals surface area contributed by atoms with E-state index in [-0.39, 0.29) is 11.7 Å².